The summed E-state index contributed by atoms with van der Waals surface area (Å²) in [5.74, 6) is 9.80. The van der Waals surface area contributed by atoms with E-state index in [1.54, 1.807) is 0 Å². The second-order valence-electron chi connectivity index (χ2n) is 3.12. The van der Waals surface area contributed by atoms with Gasteiger partial charge in [-0.2, -0.15) is 0 Å². The van der Waals surface area contributed by atoms with E-state index in [0.717, 1.165) is 17.6 Å². The van der Waals surface area contributed by atoms with E-state index in [2.05, 4.69) is 23.8 Å². The van der Waals surface area contributed by atoms with Crippen molar-refractivity contribution in [1.82, 2.24) is 0 Å². The first kappa shape index (κ1) is 10.8. The maximum Gasteiger partial charge on any atom is 0.117 e. The van der Waals surface area contributed by atoms with Crippen LogP contribution in [0.2, 0.25) is 0 Å². The third-order valence-corrected chi connectivity index (χ3v) is 1.63. The highest BCUT2D eigenvalue weighted by Crippen LogP contribution is 1.94. The molecule has 0 unspecified atom stereocenters. The fourth-order valence-electron chi connectivity index (χ4n) is 0.711. The lowest BCUT2D eigenvalue weighted by Gasteiger charge is -2.28. The van der Waals surface area contributed by atoms with E-state index in [4.69, 9.17) is 11.8 Å². The van der Waals surface area contributed by atoms with Gasteiger partial charge in [0.1, 0.15) is 26.3 Å². The lowest BCUT2D eigenvalue weighted by Crippen LogP contribution is -2.45. The molecule has 0 aliphatic heterocycles. The van der Waals surface area contributed by atoms with Crippen LogP contribution in [0, 0.1) is 0 Å². The summed E-state index contributed by atoms with van der Waals surface area (Å²) in [4.78, 5) is 8.94. The zero-order valence-electron chi connectivity index (χ0n) is 7.25. The summed E-state index contributed by atoms with van der Waals surface area (Å²) in [5, 5.41) is 0. The Morgan fingerprint density at radius 1 is 1.00 bits per heavy atom. The maximum absolute atomic E-state index is 4.90. The van der Waals surface area contributed by atoms with Crippen LogP contribution in [-0.4, -0.2) is 44.9 Å². The molecule has 0 bridgehead atoms. The van der Waals surface area contributed by atoms with Crippen molar-refractivity contribution >= 4 is 0 Å². The van der Waals surface area contributed by atoms with Gasteiger partial charge in [-0.3, -0.25) is 9.68 Å². The Kier molecular flexibility index (Phi) is 5.35. The second-order valence-corrected chi connectivity index (χ2v) is 3.12. The minimum atomic E-state index is 0.553. The molecule has 0 fully saturated rings. The van der Waals surface area contributed by atoms with Crippen LogP contribution in [0.1, 0.15) is 0 Å². The summed E-state index contributed by atoms with van der Waals surface area (Å²) in [6.45, 7) is 2.83. The number of hydrogen-bond acceptors (Lipinski definition) is 4. The lowest BCUT2D eigenvalue weighted by atomic mass is 10.4. The summed E-state index contributed by atoms with van der Waals surface area (Å²) in [6, 6.07) is 0. The zero-order valence-corrected chi connectivity index (χ0v) is 7.25. The molecule has 0 aromatic heterocycles. The third kappa shape index (κ3) is 6.21. The van der Waals surface area contributed by atoms with Gasteiger partial charge in [-0.05, 0) is 0 Å². The van der Waals surface area contributed by atoms with Crippen molar-refractivity contribution in [3.8, 4) is 0 Å². The Bertz CT molecular complexity index is 87.8. The van der Waals surface area contributed by atoms with Gasteiger partial charge in [0, 0.05) is 0 Å². The number of hydrogen-bond donors (Lipinski definition) is 2. The molecule has 0 amide bonds. The molecular weight excluding hydrogens is 146 g/mol. The smallest absolute Gasteiger partial charge is 0.117 e. The quantitative estimate of drug-likeness (QED) is 0.384. The molecule has 0 atom stereocenters. The summed E-state index contributed by atoms with van der Waals surface area (Å²) in [7, 11) is 4.14. The minimum Gasteiger partial charge on any atom is -0.325 e. The molecule has 5 heteroatoms. The Labute approximate surface area is 67.3 Å². The van der Waals surface area contributed by atoms with Crippen LogP contribution in [0.15, 0.2) is 0 Å². The minimum absolute atomic E-state index is 0.553. The highest BCUT2D eigenvalue weighted by atomic mass is 16.6. The molecule has 0 rings (SSSR count). The fraction of sp³-hybridized carbons (Fsp3) is 1.00. The average molecular weight is 164 g/mol. The first-order valence-electron chi connectivity index (χ1n) is 3.58. The van der Waals surface area contributed by atoms with Crippen LogP contribution >= 0.6 is 0 Å². The lowest BCUT2D eigenvalue weighted by molar-refractivity contribution is -0.891. The third-order valence-electron chi connectivity index (χ3n) is 1.63. The summed E-state index contributed by atoms with van der Waals surface area (Å²) in [6.07, 6.45) is 0. The Balaban J connectivity index is 3.43. The maximum atomic E-state index is 4.90. The molecule has 0 spiro atoms. The van der Waals surface area contributed by atoms with Crippen molar-refractivity contribution in [1.29, 1.82) is 0 Å². The topological polar surface area (TPSA) is 70.5 Å². The predicted octanol–water partition coefficient (Wildman–Crippen LogP) is -1.16. The molecule has 0 radical (unpaired) electrons. The average Bonchev–Trinajstić information content (AvgIpc) is 1.97. The number of rotatable bonds is 6. The van der Waals surface area contributed by atoms with E-state index in [0.29, 0.717) is 13.2 Å². The molecule has 5 nitrogen and oxygen atoms in total. The molecule has 68 valence electrons. The normalized spacial score (nSPS) is 12.0. The molecule has 0 heterocycles. The molecule has 0 aromatic carbocycles. The molecule has 0 aromatic rings. The van der Waals surface area contributed by atoms with Crippen molar-refractivity contribution < 1.29 is 14.2 Å². The Hall–Kier alpha value is -0.200. The summed E-state index contributed by atoms with van der Waals surface area (Å²) in [5.41, 5.74) is 0. The van der Waals surface area contributed by atoms with E-state index in [9.17, 15) is 0 Å². The number of nitrogens with zero attached hydrogens (tertiary/aromatic N) is 1. The summed E-state index contributed by atoms with van der Waals surface area (Å²) >= 11 is 0. The van der Waals surface area contributed by atoms with Gasteiger partial charge in [-0.15, -0.1) is 0 Å². The molecule has 0 saturated heterocycles. The number of quaternary nitrogens is 1. The van der Waals surface area contributed by atoms with Gasteiger partial charge in [0.25, 0.3) is 0 Å². The van der Waals surface area contributed by atoms with Crippen LogP contribution < -0.4 is 11.8 Å². The van der Waals surface area contributed by atoms with Gasteiger partial charge >= 0.3 is 0 Å². The van der Waals surface area contributed by atoms with Crippen LogP contribution in [0.3, 0.4) is 0 Å². The van der Waals surface area contributed by atoms with Crippen molar-refractivity contribution in [2.24, 2.45) is 11.8 Å². The van der Waals surface area contributed by atoms with Gasteiger partial charge in [0.2, 0.25) is 0 Å². The second kappa shape index (κ2) is 5.45. The van der Waals surface area contributed by atoms with Gasteiger partial charge in [0.15, 0.2) is 0 Å². The molecular formula is C6H18N3O2+. The van der Waals surface area contributed by atoms with E-state index < -0.39 is 0 Å². The highest BCUT2D eigenvalue weighted by molar-refractivity contribution is 4.32. The molecule has 0 saturated carbocycles. The Morgan fingerprint density at radius 3 is 1.64 bits per heavy atom. The predicted molar refractivity (Wildman–Crippen MR) is 42.1 cm³/mol. The Morgan fingerprint density at radius 2 is 1.36 bits per heavy atom. The summed E-state index contributed by atoms with van der Waals surface area (Å²) < 4.78 is 0.800. The van der Waals surface area contributed by atoms with E-state index in [1.165, 1.54) is 0 Å². The van der Waals surface area contributed by atoms with E-state index in [-0.39, 0.29) is 0 Å². The fourth-order valence-corrected chi connectivity index (χ4v) is 0.711. The zero-order chi connectivity index (χ0) is 8.74. The van der Waals surface area contributed by atoms with Crippen LogP contribution in [-0.2, 0) is 9.68 Å². The molecule has 0 aliphatic rings. The molecule has 11 heavy (non-hydrogen) atoms. The van der Waals surface area contributed by atoms with Gasteiger partial charge in [-0.25, -0.2) is 11.8 Å². The number of likely N-dealkylation sites (N-methyl/N-ethyl adjacent to an activating group) is 1. The van der Waals surface area contributed by atoms with Crippen molar-refractivity contribution in [2.75, 3.05) is 40.4 Å². The molecule has 4 N–H and O–H groups in total. The first-order valence-corrected chi connectivity index (χ1v) is 3.58. The van der Waals surface area contributed by atoms with Crippen LogP contribution in [0.5, 0.6) is 0 Å². The largest absolute Gasteiger partial charge is 0.325 e. The molecule has 0 aliphatic carbocycles. The SMILES string of the molecule is C[N+](C)(CCON)CCON. The standard InChI is InChI=1S/C6H18N3O2/c1-9(2,3-5-10-7)4-6-11-8/h3-8H2,1-2H3/q+1. The first-order chi connectivity index (χ1) is 5.12. The van der Waals surface area contributed by atoms with Crippen LogP contribution in [0.4, 0.5) is 0 Å². The number of nitrogens with two attached hydrogens (primary N) is 2. The van der Waals surface area contributed by atoms with E-state index in [1.807, 2.05) is 0 Å². The van der Waals surface area contributed by atoms with Crippen LogP contribution in [0.25, 0.3) is 0 Å². The van der Waals surface area contributed by atoms with Crippen molar-refractivity contribution in [3.63, 3.8) is 0 Å². The van der Waals surface area contributed by atoms with Gasteiger partial charge in [-0.1, -0.05) is 0 Å². The van der Waals surface area contributed by atoms with Gasteiger partial charge in [0.05, 0.1) is 14.1 Å². The highest BCUT2D eigenvalue weighted by Gasteiger charge is 2.13. The van der Waals surface area contributed by atoms with Crippen molar-refractivity contribution in [3.05, 3.63) is 0 Å². The van der Waals surface area contributed by atoms with Gasteiger partial charge < -0.3 is 4.48 Å². The van der Waals surface area contributed by atoms with Crippen molar-refractivity contribution in [2.45, 2.75) is 0 Å². The monoisotopic (exact) mass is 164 g/mol. The van der Waals surface area contributed by atoms with E-state index >= 15 is 0 Å².